The fraction of sp³-hybridized carbons (Fsp3) is 0.636. The average molecular weight is 254 g/mol. The van der Waals surface area contributed by atoms with E-state index in [2.05, 4.69) is 15.2 Å². The molecule has 6 heteroatoms. The van der Waals surface area contributed by atoms with E-state index in [1.165, 1.54) is 0 Å². The van der Waals surface area contributed by atoms with Gasteiger partial charge in [-0.05, 0) is 0 Å². The Kier molecular flexibility index (Phi) is 4.09. The molecule has 0 bridgehead atoms. The number of hydrogen-bond donors (Lipinski definition) is 1. The topological polar surface area (TPSA) is 48.5 Å². The van der Waals surface area contributed by atoms with Gasteiger partial charge in [-0.2, -0.15) is 0 Å². The van der Waals surface area contributed by atoms with Crippen molar-refractivity contribution in [1.29, 1.82) is 0 Å². The standard InChI is InChI=1S/C11H18N4OS/c1-14(2)11(16)9-7-12-3-5-15(9)8-10-13-4-6-17-10/h4,6,9,12H,3,5,7-8H2,1-2H3. The van der Waals surface area contributed by atoms with E-state index in [0.29, 0.717) is 0 Å². The molecule has 0 radical (unpaired) electrons. The van der Waals surface area contributed by atoms with Gasteiger partial charge < -0.3 is 10.2 Å². The normalized spacial score (nSPS) is 21.4. The van der Waals surface area contributed by atoms with Gasteiger partial charge in [0.1, 0.15) is 11.0 Å². The summed E-state index contributed by atoms with van der Waals surface area (Å²) in [5, 5.41) is 6.32. The Bertz CT molecular complexity index is 366. The van der Waals surface area contributed by atoms with Crippen molar-refractivity contribution in [3.63, 3.8) is 0 Å². The lowest BCUT2D eigenvalue weighted by Crippen LogP contribution is -2.57. The molecule has 0 saturated carbocycles. The maximum atomic E-state index is 12.1. The molecule has 1 saturated heterocycles. The largest absolute Gasteiger partial charge is 0.347 e. The van der Waals surface area contributed by atoms with E-state index < -0.39 is 0 Å². The number of carbonyl (C=O) groups is 1. The second-order valence-electron chi connectivity index (χ2n) is 4.35. The van der Waals surface area contributed by atoms with Crippen LogP contribution in [0, 0.1) is 0 Å². The van der Waals surface area contributed by atoms with Crippen molar-refractivity contribution < 1.29 is 4.79 Å². The second-order valence-corrected chi connectivity index (χ2v) is 5.33. The van der Waals surface area contributed by atoms with Gasteiger partial charge in [0.2, 0.25) is 5.91 Å². The molecule has 0 aromatic carbocycles. The molecular weight excluding hydrogens is 236 g/mol. The number of amides is 1. The Balaban J connectivity index is 2.04. The Hall–Kier alpha value is -0.980. The lowest BCUT2D eigenvalue weighted by Gasteiger charge is -2.35. The molecular formula is C11H18N4OS. The van der Waals surface area contributed by atoms with E-state index in [0.717, 1.165) is 31.2 Å². The van der Waals surface area contributed by atoms with E-state index >= 15 is 0 Å². The predicted octanol–water partition coefficient (Wildman–Crippen LogP) is 0.00510. The SMILES string of the molecule is CN(C)C(=O)C1CNCCN1Cc1nccs1. The maximum absolute atomic E-state index is 12.1. The number of piperazine rings is 1. The van der Waals surface area contributed by atoms with Crippen LogP contribution in [0.5, 0.6) is 0 Å². The first-order valence-electron chi connectivity index (χ1n) is 5.73. The highest BCUT2D eigenvalue weighted by molar-refractivity contribution is 7.09. The van der Waals surface area contributed by atoms with Gasteiger partial charge in [-0.25, -0.2) is 4.98 Å². The number of rotatable bonds is 3. The highest BCUT2D eigenvalue weighted by Crippen LogP contribution is 2.13. The van der Waals surface area contributed by atoms with Crippen LogP contribution in [-0.4, -0.2) is 60.5 Å². The summed E-state index contributed by atoms with van der Waals surface area (Å²) in [6.45, 7) is 3.32. The Morgan fingerprint density at radius 2 is 2.53 bits per heavy atom. The first kappa shape index (κ1) is 12.5. The van der Waals surface area contributed by atoms with Gasteiger partial charge in [0.15, 0.2) is 0 Å². The van der Waals surface area contributed by atoms with Gasteiger partial charge in [0, 0.05) is 45.3 Å². The fourth-order valence-electron chi connectivity index (χ4n) is 1.98. The van der Waals surface area contributed by atoms with Crippen LogP contribution >= 0.6 is 11.3 Å². The van der Waals surface area contributed by atoms with Crippen LogP contribution in [-0.2, 0) is 11.3 Å². The fourth-order valence-corrected chi connectivity index (χ4v) is 2.62. The quantitative estimate of drug-likeness (QED) is 0.825. The van der Waals surface area contributed by atoms with Gasteiger partial charge in [0.05, 0.1) is 6.54 Å². The predicted molar refractivity (Wildman–Crippen MR) is 67.9 cm³/mol. The van der Waals surface area contributed by atoms with Crippen molar-refractivity contribution in [1.82, 2.24) is 20.1 Å². The zero-order chi connectivity index (χ0) is 12.3. The van der Waals surface area contributed by atoms with E-state index in [-0.39, 0.29) is 11.9 Å². The molecule has 1 aliphatic rings. The third-order valence-corrected chi connectivity index (χ3v) is 3.67. The van der Waals surface area contributed by atoms with Crippen molar-refractivity contribution in [2.45, 2.75) is 12.6 Å². The Morgan fingerprint density at radius 3 is 3.18 bits per heavy atom. The van der Waals surface area contributed by atoms with E-state index in [9.17, 15) is 4.79 Å². The maximum Gasteiger partial charge on any atom is 0.240 e. The van der Waals surface area contributed by atoms with Crippen LogP contribution in [0.1, 0.15) is 5.01 Å². The monoisotopic (exact) mass is 254 g/mol. The first-order chi connectivity index (χ1) is 8.18. The number of carbonyl (C=O) groups excluding carboxylic acids is 1. The third-order valence-electron chi connectivity index (χ3n) is 2.90. The van der Waals surface area contributed by atoms with Crippen LogP contribution in [0.2, 0.25) is 0 Å². The molecule has 5 nitrogen and oxygen atoms in total. The van der Waals surface area contributed by atoms with Crippen molar-refractivity contribution >= 4 is 17.2 Å². The molecule has 1 unspecified atom stereocenters. The van der Waals surface area contributed by atoms with Crippen LogP contribution in [0.3, 0.4) is 0 Å². The molecule has 1 aliphatic heterocycles. The third kappa shape index (κ3) is 3.02. The number of aromatic nitrogens is 1. The van der Waals surface area contributed by atoms with Gasteiger partial charge in [-0.1, -0.05) is 0 Å². The molecule has 2 heterocycles. The summed E-state index contributed by atoms with van der Waals surface area (Å²) in [7, 11) is 3.61. The summed E-state index contributed by atoms with van der Waals surface area (Å²) < 4.78 is 0. The minimum atomic E-state index is -0.0670. The number of hydrogen-bond acceptors (Lipinski definition) is 5. The van der Waals surface area contributed by atoms with Gasteiger partial charge in [-0.15, -0.1) is 11.3 Å². The number of nitrogens with zero attached hydrogens (tertiary/aromatic N) is 3. The minimum Gasteiger partial charge on any atom is -0.347 e. The number of likely N-dealkylation sites (N-methyl/N-ethyl adjacent to an activating group) is 1. The van der Waals surface area contributed by atoms with Crippen LogP contribution in [0.15, 0.2) is 11.6 Å². The molecule has 94 valence electrons. The van der Waals surface area contributed by atoms with Crippen LogP contribution in [0.25, 0.3) is 0 Å². The number of nitrogens with one attached hydrogen (secondary N) is 1. The zero-order valence-corrected chi connectivity index (χ0v) is 11.0. The van der Waals surface area contributed by atoms with Gasteiger partial charge >= 0.3 is 0 Å². The molecule has 17 heavy (non-hydrogen) atoms. The molecule has 0 aliphatic carbocycles. The van der Waals surface area contributed by atoms with Crippen LogP contribution in [0.4, 0.5) is 0 Å². The van der Waals surface area contributed by atoms with Crippen molar-refractivity contribution in [3.8, 4) is 0 Å². The highest BCUT2D eigenvalue weighted by Gasteiger charge is 2.29. The van der Waals surface area contributed by atoms with Gasteiger partial charge in [0.25, 0.3) is 0 Å². The van der Waals surface area contributed by atoms with Crippen molar-refractivity contribution in [2.24, 2.45) is 0 Å². The Labute approximate surface area is 105 Å². The lowest BCUT2D eigenvalue weighted by molar-refractivity contribution is -0.135. The average Bonchev–Trinajstić information content (AvgIpc) is 2.81. The zero-order valence-electron chi connectivity index (χ0n) is 10.2. The van der Waals surface area contributed by atoms with Crippen LogP contribution < -0.4 is 5.32 Å². The molecule has 2 rings (SSSR count). The van der Waals surface area contributed by atoms with E-state index in [1.807, 2.05) is 11.6 Å². The summed E-state index contributed by atoms with van der Waals surface area (Å²) >= 11 is 1.64. The number of thiazole rings is 1. The van der Waals surface area contributed by atoms with E-state index in [4.69, 9.17) is 0 Å². The molecule has 1 atom stereocenters. The summed E-state index contributed by atoms with van der Waals surface area (Å²) in [4.78, 5) is 20.2. The molecule has 0 spiro atoms. The second kappa shape index (κ2) is 5.57. The summed E-state index contributed by atoms with van der Waals surface area (Å²) in [6, 6.07) is -0.0670. The minimum absolute atomic E-state index is 0.0670. The summed E-state index contributed by atoms with van der Waals surface area (Å²) in [6.07, 6.45) is 1.81. The molecule has 1 N–H and O–H groups in total. The molecule has 1 amide bonds. The molecule has 1 fully saturated rings. The van der Waals surface area contributed by atoms with E-state index in [1.54, 1.807) is 30.3 Å². The lowest BCUT2D eigenvalue weighted by atomic mass is 10.1. The molecule has 1 aromatic heterocycles. The molecule has 1 aromatic rings. The van der Waals surface area contributed by atoms with Gasteiger partial charge in [-0.3, -0.25) is 9.69 Å². The summed E-state index contributed by atoms with van der Waals surface area (Å²) in [5.74, 6) is 0.161. The Morgan fingerprint density at radius 1 is 1.71 bits per heavy atom. The first-order valence-corrected chi connectivity index (χ1v) is 6.61. The van der Waals surface area contributed by atoms with Crippen molar-refractivity contribution in [3.05, 3.63) is 16.6 Å². The highest BCUT2D eigenvalue weighted by atomic mass is 32.1. The van der Waals surface area contributed by atoms with Crippen molar-refractivity contribution in [2.75, 3.05) is 33.7 Å². The summed E-state index contributed by atoms with van der Waals surface area (Å²) in [5.41, 5.74) is 0. The smallest absolute Gasteiger partial charge is 0.240 e.